The maximum Gasteiger partial charge on any atom is 0.326 e. The predicted octanol–water partition coefficient (Wildman–Crippen LogP) is -0.716. The highest BCUT2D eigenvalue weighted by atomic mass is 16.4. The molecule has 0 aliphatic carbocycles. The summed E-state index contributed by atoms with van der Waals surface area (Å²) >= 11 is 0. The van der Waals surface area contributed by atoms with Crippen LogP contribution in [0.15, 0.2) is 0 Å². The zero-order valence-corrected chi connectivity index (χ0v) is 19.9. The molecule has 0 saturated heterocycles. The molecule has 0 aliphatic heterocycles. The van der Waals surface area contributed by atoms with Gasteiger partial charge in [0.2, 0.25) is 17.7 Å². The fraction of sp³-hybridized carbons (Fsp3) is 0.714. The minimum atomic E-state index is -1.41. The van der Waals surface area contributed by atoms with E-state index in [9.17, 15) is 33.9 Å². The zero-order chi connectivity index (χ0) is 26.6. The minimum Gasteiger partial charge on any atom is -0.481 e. The Balaban J connectivity index is 5.64. The molecule has 8 N–H and O–H groups in total. The summed E-state index contributed by atoms with van der Waals surface area (Å²) in [5.41, 5.74) is 5.55. The molecule has 0 fully saturated rings. The van der Waals surface area contributed by atoms with Gasteiger partial charge in [-0.3, -0.25) is 24.0 Å². The molecular weight excluding hydrogens is 452 g/mol. The number of carboxylic acids is 3. The summed E-state index contributed by atoms with van der Waals surface area (Å²) in [7, 11) is 0. The first-order valence-corrected chi connectivity index (χ1v) is 11.0. The summed E-state index contributed by atoms with van der Waals surface area (Å²) in [5.74, 6) is -6.88. The first-order chi connectivity index (χ1) is 15.7. The lowest BCUT2D eigenvalue weighted by Gasteiger charge is -2.28. The van der Waals surface area contributed by atoms with Gasteiger partial charge in [-0.25, -0.2) is 4.79 Å². The summed E-state index contributed by atoms with van der Waals surface area (Å²) in [5, 5.41) is 34.3. The second-order valence-electron chi connectivity index (χ2n) is 8.60. The smallest absolute Gasteiger partial charge is 0.326 e. The largest absolute Gasteiger partial charge is 0.481 e. The average molecular weight is 489 g/mol. The second-order valence-corrected chi connectivity index (χ2v) is 8.60. The van der Waals surface area contributed by atoms with Crippen LogP contribution in [0.25, 0.3) is 0 Å². The maximum atomic E-state index is 13.0. The molecule has 0 aliphatic rings. The van der Waals surface area contributed by atoms with E-state index in [1.165, 1.54) is 0 Å². The molecule has 13 heteroatoms. The van der Waals surface area contributed by atoms with Gasteiger partial charge in [0.1, 0.15) is 18.1 Å². The second kappa shape index (κ2) is 14.8. The van der Waals surface area contributed by atoms with Crippen molar-refractivity contribution in [2.45, 2.75) is 84.0 Å². The Labute approximate surface area is 197 Å². The van der Waals surface area contributed by atoms with Crippen LogP contribution in [0.5, 0.6) is 0 Å². The third-order valence-corrected chi connectivity index (χ3v) is 5.13. The molecular formula is C21H36N4O9. The molecule has 0 aromatic heterocycles. The number of carbonyl (C=O) groups is 6. The lowest BCUT2D eigenvalue weighted by Crippen LogP contribution is -2.58. The molecule has 0 rings (SSSR count). The fourth-order valence-corrected chi connectivity index (χ4v) is 3.01. The van der Waals surface area contributed by atoms with E-state index in [0.717, 1.165) is 0 Å². The number of amides is 3. The standard InChI is InChI=1S/C21H36N4O9/c1-5-11(4)17(25-18(30)12(22)9-16(28)29)20(32)23-13(6-7-15(26)27)19(31)24-14(21(33)34)8-10(2)3/h10-14,17H,5-9,22H2,1-4H3,(H,23,32)(H,24,31)(H,25,30)(H,26,27)(H,28,29)(H,33,34). The van der Waals surface area contributed by atoms with Crippen molar-refractivity contribution in [3.05, 3.63) is 0 Å². The third kappa shape index (κ3) is 11.6. The summed E-state index contributed by atoms with van der Waals surface area (Å²) < 4.78 is 0. The normalized spacial score (nSPS) is 15.4. The van der Waals surface area contributed by atoms with E-state index in [1.54, 1.807) is 27.7 Å². The van der Waals surface area contributed by atoms with Crippen LogP contribution in [0.4, 0.5) is 0 Å². The molecule has 5 unspecified atom stereocenters. The van der Waals surface area contributed by atoms with Gasteiger partial charge in [-0.05, 0) is 24.7 Å². The van der Waals surface area contributed by atoms with Gasteiger partial charge in [0.15, 0.2) is 0 Å². The minimum absolute atomic E-state index is 0.0616. The quantitative estimate of drug-likeness (QED) is 0.144. The average Bonchev–Trinajstić information content (AvgIpc) is 2.72. The van der Waals surface area contributed by atoms with Crippen molar-refractivity contribution in [3.63, 3.8) is 0 Å². The van der Waals surface area contributed by atoms with E-state index in [1.807, 2.05) is 0 Å². The van der Waals surface area contributed by atoms with Gasteiger partial charge in [-0.2, -0.15) is 0 Å². The molecule has 0 spiro atoms. The van der Waals surface area contributed by atoms with Gasteiger partial charge >= 0.3 is 17.9 Å². The van der Waals surface area contributed by atoms with Crippen LogP contribution in [0.2, 0.25) is 0 Å². The lowest BCUT2D eigenvalue weighted by atomic mass is 9.96. The number of carboxylic acid groups (broad SMARTS) is 3. The highest BCUT2D eigenvalue weighted by Crippen LogP contribution is 2.11. The zero-order valence-electron chi connectivity index (χ0n) is 19.9. The number of aliphatic carboxylic acids is 3. The van der Waals surface area contributed by atoms with Gasteiger partial charge in [0.25, 0.3) is 0 Å². The first kappa shape index (κ1) is 30.8. The highest BCUT2D eigenvalue weighted by Gasteiger charge is 2.33. The Kier molecular flexibility index (Phi) is 13.4. The monoisotopic (exact) mass is 488 g/mol. The molecule has 34 heavy (non-hydrogen) atoms. The van der Waals surface area contributed by atoms with Crippen molar-refractivity contribution >= 4 is 35.6 Å². The van der Waals surface area contributed by atoms with E-state index < -0.39 is 78.6 Å². The summed E-state index contributed by atoms with van der Waals surface area (Å²) in [4.78, 5) is 71.3. The van der Waals surface area contributed by atoms with E-state index in [4.69, 9.17) is 15.9 Å². The molecule has 5 atom stereocenters. The van der Waals surface area contributed by atoms with Crippen LogP contribution >= 0.6 is 0 Å². The van der Waals surface area contributed by atoms with Crippen molar-refractivity contribution in [3.8, 4) is 0 Å². The summed E-state index contributed by atoms with van der Waals surface area (Å²) in [6.45, 7) is 6.91. The summed E-state index contributed by atoms with van der Waals surface area (Å²) in [6, 6.07) is -5.22. The number of hydrogen-bond donors (Lipinski definition) is 7. The molecule has 0 bridgehead atoms. The molecule has 0 radical (unpaired) electrons. The predicted molar refractivity (Wildman–Crippen MR) is 119 cm³/mol. The van der Waals surface area contributed by atoms with Gasteiger partial charge in [0, 0.05) is 6.42 Å². The molecule has 0 heterocycles. The van der Waals surface area contributed by atoms with Crippen molar-refractivity contribution in [2.75, 3.05) is 0 Å². The Morgan fingerprint density at radius 3 is 1.79 bits per heavy atom. The van der Waals surface area contributed by atoms with Crippen molar-refractivity contribution < 1.29 is 44.1 Å². The Morgan fingerprint density at radius 1 is 0.794 bits per heavy atom. The van der Waals surface area contributed by atoms with E-state index in [0.29, 0.717) is 6.42 Å². The number of nitrogens with one attached hydrogen (secondary N) is 3. The number of hydrogen-bond acceptors (Lipinski definition) is 7. The Hall–Kier alpha value is -3.22. The maximum absolute atomic E-state index is 13.0. The SMILES string of the molecule is CCC(C)C(NC(=O)C(N)CC(=O)O)C(=O)NC(CCC(=O)O)C(=O)NC(CC(C)C)C(=O)O. The number of carbonyl (C=O) groups excluding carboxylic acids is 3. The molecule has 3 amide bonds. The summed E-state index contributed by atoms with van der Waals surface area (Å²) in [6.07, 6.45) is -0.914. The molecule has 13 nitrogen and oxygen atoms in total. The highest BCUT2D eigenvalue weighted by molar-refractivity contribution is 5.95. The van der Waals surface area contributed by atoms with Crippen molar-refractivity contribution in [1.29, 1.82) is 0 Å². The van der Waals surface area contributed by atoms with E-state index >= 15 is 0 Å². The van der Waals surface area contributed by atoms with Crippen LogP contribution in [-0.4, -0.2) is 75.1 Å². The molecule has 0 saturated carbocycles. The third-order valence-electron chi connectivity index (χ3n) is 5.13. The van der Waals surface area contributed by atoms with E-state index in [2.05, 4.69) is 16.0 Å². The van der Waals surface area contributed by atoms with Crippen LogP contribution in [0.3, 0.4) is 0 Å². The van der Waals surface area contributed by atoms with Crippen LogP contribution in [0, 0.1) is 11.8 Å². The number of rotatable bonds is 16. The van der Waals surface area contributed by atoms with Gasteiger partial charge in [-0.15, -0.1) is 0 Å². The first-order valence-electron chi connectivity index (χ1n) is 11.0. The Bertz CT molecular complexity index is 757. The fourth-order valence-electron chi connectivity index (χ4n) is 3.01. The molecule has 0 aromatic rings. The van der Waals surface area contributed by atoms with E-state index in [-0.39, 0.29) is 18.8 Å². The van der Waals surface area contributed by atoms with Crippen molar-refractivity contribution in [2.24, 2.45) is 17.6 Å². The van der Waals surface area contributed by atoms with Gasteiger partial charge in [0.05, 0.1) is 12.5 Å². The van der Waals surface area contributed by atoms with Crippen LogP contribution in [0.1, 0.15) is 59.8 Å². The van der Waals surface area contributed by atoms with Crippen molar-refractivity contribution in [1.82, 2.24) is 16.0 Å². The topological polar surface area (TPSA) is 225 Å². The van der Waals surface area contributed by atoms with Gasteiger partial charge < -0.3 is 37.0 Å². The molecule has 0 aromatic carbocycles. The Morgan fingerprint density at radius 2 is 1.35 bits per heavy atom. The molecule has 194 valence electrons. The van der Waals surface area contributed by atoms with Crippen LogP contribution in [-0.2, 0) is 28.8 Å². The number of nitrogens with two attached hydrogens (primary N) is 1. The van der Waals surface area contributed by atoms with Gasteiger partial charge in [-0.1, -0.05) is 34.1 Å². The van der Waals surface area contributed by atoms with Crippen LogP contribution < -0.4 is 21.7 Å². The lowest BCUT2D eigenvalue weighted by molar-refractivity contribution is -0.143.